The standard InChI is InChI=1S/C26H29N3O3/c1-4-28-14-15-29(26(31)24-18(2)27-32-19(24)3)17-22(25(28)30)16-21-12-8-9-13-23(21)20-10-6-5-7-11-20/h5-13,22H,4,14-17H2,1-3H3/t22-/m0/s1. The van der Waals surface area contributed by atoms with Crippen LogP contribution in [-0.4, -0.2) is 52.9 Å². The van der Waals surface area contributed by atoms with Crippen LogP contribution in [0, 0.1) is 19.8 Å². The Labute approximate surface area is 188 Å². The first-order chi connectivity index (χ1) is 15.5. The molecule has 1 saturated heterocycles. The average Bonchev–Trinajstić information content (AvgIpc) is 3.06. The summed E-state index contributed by atoms with van der Waals surface area (Å²) in [6.07, 6.45) is 0.575. The minimum Gasteiger partial charge on any atom is -0.361 e. The molecule has 1 aliphatic heterocycles. The minimum atomic E-state index is -0.313. The summed E-state index contributed by atoms with van der Waals surface area (Å²) in [7, 11) is 0. The van der Waals surface area contributed by atoms with Gasteiger partial charge in [-0.2, -0.15) is 0 Å². The highest BCUT2D eigenvalue weighted by Gasteiger charge is 2.34. The number of hydrogen-bond acceptors (Lipinski definition) is 4. The van der Waals surface area contributed by atoms with Gasteiger partial charge in [-0.05, 0) is 43.9 Å². The molecule has 0 N–H and O–H groups in total. The van der Waals surface area contributed by atoms with Crippen LogP contribution < -0.4 is 0 Å². The number of nitrogens with zero attached hydrogens (tertiary/aromatic N) is 3. The second kappa shape index (κ2) is 9.39. The fourth-order valence-electron chi connectivity index (χ4n) is 4.51. The molecule has 166 valence electrons. The fraction of sp³-hybridized carbons (Fsp3) is 0.346. The summed E-state index contributed by atoms with van der Waals surface area (Å²) in [6, 6.07) is 18.4. The Morgan fingerprint density at radius 3 is 2.47 bits per heavy atom. The summed E-state index contributed by atoms with van der Waals surface area (Å²) >= 11 is 0. The highest BCUT2D eigenvalue weighted by molar-refractivity contribution is 5.96. The molecule has 6 nitrogen and oxygen atoms in total. The number of amides is 2. The van der Waals surface area contributed by atoms with E-state index in [4.69, 9.17) is 4.52 Å². The molecule has 32 heavy (non-hydrogen) atoms. The molecule has 2 heterocycles. The smallest absolute Gasteiger partial charge is 0.259 e. The van der Waals surface area contributed by atoms with Gasteiger partial charge in [0.25, 0.3) is 5.91 Å². The third-order valence-corrected chi connectivity index (χ3v) is 6.23. The first kappa shape index (κ1) is 21.8. The molecule has 0 radical (unpaired) electrons. The van der Waals surface area contributed by atoms with E-state index in [1.807, 2.05) is 42.2 Å². The molecule has 0 saturated carbocycles. The van der Waals surface area contributed by atoms with Gasteiger partial charge in [-0.15, -0.1) is 0 Å². The number of hydrogen-bond donors (Lipinski definition) is 0. The van der Waals surface area contributed by atoms with E-state index in [0.717, 1.165) is 16.7 Å². The fourth-order valence-corrected chi connectivity index (χ4v) is 4.51. The summed E-state index contributed by atoms with van der Waals surface area (Å²) in [5, 5.41) is 3.93. The van der Waals surface area contributed by atoms with Crippen molar-refractivity contribution in [3.8, 4) is 11.1 Å². The second-order valence-corrected chi connectivity index (χ2v) is 8.29. The summed E-state index contributed by atoms with van der Waals surface area (Å²) < 4.78 is 5.21. The van der Waals surface area contributed by atoms with Gasteiger partial charge in [0.15, 0.2) is 0 Å². The quantitative estimate of drug-likeness (QED) is 0.609. The Bertz CT molecular complexity index is 1090. The molecule has 2 amide bonds. The van der Waals surface area contributed by atoms with E-state index in [9.17, 15) is 9.59 Å². The molecular weight excluding hydrogens is 402 g/mol. The van der Waals surface area contributed by atoms with Gasteiger partial charge < -0.3 is 14.3 Å². The molecule has 1 fully saturated rings. The Morgan fingerprint density at radius 1 is 1.06 bits per heavy atom. The topological polar surface area (TPSA) is 66.7 Å². The zero-order chi connectivity index (χ0) is 22.7. The van der Waals surface area contributed by atoms with Crippen molar-refractivity contribution in [2.75, 3.05) is 26.2 Å². The second-order valence-electron chi connectivity index (χ2n) is 8.29. The normalized spacial score (nSPS) is 16.8. The third-order valence-electron chi connectivity index (χ3n) is 6.23. The van der Waals surface area contributed by atoms with E-state index in [1.165, 1.54) is 0 Å². The molecule has 1 atom stereocenters. The average molecular weight is 432 g/mol. The number of rotatable bonds is 5. The van der Waals surface area contributed by atoms with Gasteiger partial charge in [0, 0.05) is 26.2 Å². The first-order valence-corrected chi connectivity index (χ1v) is 11.1. The monoisotopic (exact) mass is 431 g/mol. The van der Waals surface area contributed by atoms with E-state index >= 15 is 0 Å². The van der Waals surface area contributed by atoms with Crippen LogP contribution in [0.1, 0.15) is 34.3 Å². The highest BCUT2D eigenvalue weighted by atomic mass is 16.5. The summed E-state index contributed by atoms with van der Waals surface area (Å²) in [5.74, 6) is 0.186. The number of aryl methyl sites for hydroxylation is 2. The van der Waals surface area contributed by atoms with Crippen molar-refractivity contribution in [2.45, 2.75) is 27.2 Å². The van der Waals surface area contributed by atoms with E-state index in [2.05, 4.69) is 29.4 Å². The van der Waals surface area contributed by atoms with Crippen LogP contribution in [0.3, 0.4) is 0 Å². The van der Waals surface area contributed by atoms with Gasteiger partial charge >= 0.3 is 0 Å². The van der Waals surface area contributed by atoms with Crippen molar-refractivity contribution < 1.29 is 14.1 Å². The molecule has 6 heteroatoms. The first-order valence-electron chi connectivity index (χ1n) is 11.1. The minimum absolute atomic E-state index is 0.101. The van der Waals surface area contributed by atoms with E-state index in [0.29, 0.717) is 49.6 Å². The lowest BCUT2D eigenvalue weighted by atomic mass is 9.91. The van der Waals surface area contributed by atoms with Gasteiger partial charge in [-0.1, -0.05) is 59.8 Å². The molecule has 0 aliphatic carbocycles. The molecule has 4 rings (SSSR count). The lowest BCUT2D eigenvalue weighted by molar-refractivity contribution is -0.134. The SMILES string of the molecule is CCN1CCN(C(=O)c2c(C)noc2C)C[C@H](Cc2ccccc2-c2ccccc2)C1=O. The van der Waals surface area contributed by atoms with Gasteiger partial charge in [0.05, 0.1) is 11.6 Å². The molecule has 1 aromatic heterocycles. The zero-order valence-corrected chi connectivity index (χ0v) is 18.9. The van der Waals surface area contributed by atoms with Gasteiger partial charge in [-0.25, -0.2) is 0 Å². The number of benzene rings is 2. The van der Waals surface area contributed by atoms with Crippen molar-refractivity contribution in [3.05, 3.63) is 77.2 Å². The largest absolute Gasteiger partial charge is 0.361 e. The molecule has 1 aliphatic rings. The molecular formula is C26H29N3O3. The summed E-state index contributed by atoms with van der Waals surface area (Å²) in [4.78, 5) is 30.4. The summed E-state index contributed by atoms with van der Waals surface area (Å²) in [6.45, 7) is 7.55. The van der Waals surface area contributed by atoms with Crippen molar-refractivity contribution in [2.24, 2.45) is 5.92 Å². The van der Waals surface area contributed by atoms with Gasteiger partial charge in [0.2, 0.25) is 5.91 Å². The summed E-state index contributed by atoms with van der Waals surface area (Å²) in [5.41, 5.74) is 4.45. The van der Waals surface area contributed by atoms with E-state index < -0.39 is 0 Å². The molecule has 3 aromatic rings. The van der Waals surface area contributed by atoms with Crippen molar-refractivity contribution >= 4 is 11.8 Å². The van der Waals surface area contributed by atoms with Gasteiger partial charge in [0.1, 0.15) is 11.3 Å². The third kappa shape index (κ3) is 4.31. The van der Waals surface area contributed by atoms with Crippen LogP contribution in [0.5, 0.6) is 0 Å². The predicted molar refractivity (Wildman–Crippen MR) is 123 cm³/mol. The number of aromatic nitrogens is 1. The van der Waals surface area contributed by atoms with E-state index in [-0.39, 0.29) is 17.7 Å². The number of carbonyl (C=O) groups excluding carboxylic acids is 2. The van der Waals surface area contributed by atoms with Crippen LogP contribution >= 0.6 is 0 Å². The lowest BCUT2D eigenvalue weighted by Gasteiger charge is -2.24. The van der Waals surface area contributed by atoms with Crippen molar-refractivity contribution in [1.29, 1.82) is 0 Å². The van der Waals surface area contributed by atoms with Crippen LogP contribution in [-0.2, 0) is 11.2 Å². The predicted octanol–water partition coefficient (Wildman–Crippen LogP) is 4.12. The van der Waals surface area contributed by atoms with Crippen molar-refractivity contribution in [1.82, 2.24) is 15.0 Å². The molecule has 0 unspecified atom stereocenters. The highest BCUT2D eigenvalue weighted by Crippen LogP contribution is 2.28. The maximum Gasteiger partial charge on any atom is 0.259 e. The molecule has 2 aromatic carbocycles. The maximum absolute atomic E-state index is 13.4. The number of carbonyl (C=O) groups is 2. The van der Waals surface area contributed by atoms with Crippen LogP contribution in [0.25, 0.3) is 11.1 Å². The molecule has 0 bridgehead atoms. The van der Waals surface area contributed by atoms with Gasteiger partial charge in [-0.3, -0.25) is 9.59 Å². The maximum atomic E-state index is 13.4. The number of likely N-dealkylation sites (N-methyl/N-ethyl adjacent to an activating group) is 1. The van der Waals surface area contributed by atoms with Crippen LogP contribution in [0.4, 0.5) is 0 Å². The Morgan fingerprint density at radius 2 is 1.78 bits per heavy atom. The van der Waals surface area contributed by atoms with Crippen LogP contribution in [0.2, 0.25) is 0 Å². The Balaban J connectivity index is 1.65. The Hall–Kier alpha value is -3.41. The van der Waals surface area contributed by atoms with E-state index in [1.54, 1.807) is 18.7 Å². The van der Waals surface area contributed by atoms with Crippen LogP contribution in [0.15, 0.2) is 59.1 Å². The zero-order valence-electron chi connectivity index (χ0n) is 18.9. The van der Waals surface area contributed by atoms with Crippen molar-refractivity contribution in [3.63, 3.8) is 0 Å². The lowest BCUT2D eigenvalue weighted by Crippen LogP contribution is -2.38. The molecule has 0 spiro atoms. The Kier molecular flexibility index (Phi) is 6.40.